The minimum Gasteiger partial charge on any atom is -0.443 e. The summed E-state index contributed by atoms with van der Waals surface area (Å²) >= 11 is 3.04. The molecule has 44 heavy (non-hydrogen) atoms. The van der Waals surface area contributed by atoms with Crippen LogP contribution < -0.4 is 5.32 Å². The fraction of sp³-hybridized carbons (Fsp3) is 0.767. The van der Waals surface area contributed by atoms with Crippen molar-refractivity contribution >= 4 is 60.7 Å². The molecule has 3 rings (SSSR count). The van der Waals surface area contributed by atoms with E-state index in [1.165, 1.54) is 11.3 Å². The molecule has 1 aromatic rings. The smallest absolute Gasteiger partial charge is 0.418 e. The molecule has 5 amide bonds. The van der Waals surface area contributed by atoms with E-state index in [4.69, 9.17) is 13.9 Å². The second-order valence-corrected chi connectivity index (χ2v) is 22.1. The van der Waals surface area contributed by atoms with Crippen molar-refractivity contribution in [3.05, 3.63) is 11.1 Å². The van der Waals surface area contributed by atoms with E-state index in [0.29, 0.717) is 43.2 Å². The average Bonchev–Trinajstić information content (AvgIpc) is 3.52. The molecule has 0 spiro atoms. The molecule has 1 aromatic heterocycles. The third-order valence-corrected chi connectivity index (χ3v) is 14.6. The van der Waals surface area contributed by atoms with Gasteiger partial charge in [-0.2, -0.15) is 11.8 Å². The summed E-state index contributed by atoms with van der Waals surface area (Å²) in [6, 6.07) is -1.76. The maximum absolute atomic E-state index is 13.4. The van der Waals surface area contributed by atoms with Gasteiger partial charge in [0.15, 0.2) is 13.4 Å². The SMILES string of the molecule is CC(C)(C)OC(=O)N1C(=O)N(C(=O)OC(C)(C)C)[C@H]2CS[C@@H](CCCCC(=O)Nc3ncc(CO[Si](C)(C)C(C)(C)C)s3)[C@H]21. The van der Waals surface area contributed by atoms with Gasteiger partial charge in [0.2, 0.25) is 5.91 Å². The average molecular weight is 671 g/mol. The van der Waals surface area contributed by atoms with Crippen molar-refractivity contribution < 1.29 is 33.1 Å². The Bertz CT molecular complexity index is 1220. The summed E-state index contributed by atoms with van der Waals surface area (Å²) in [6.45, 7) is 21.9. The first-order valence-electron chi connectivity index (χ1n) is 15.2. The zero-order chi connectivity index (χ0) is 33.3. The number of urea groups is 1. The highest BCUT2D eigenvalue weighted by atomic mass is 32.2. The summed E-state index contributed by atoms with van der Waals surface area (Å²) in [4.78, 5) is 59.7. The number of unbranched alkanes of at least 4 members (excludes halogenated alkanes) is 1. The number of nitrogens with zero attached hydrogens (tertiary/aromatic N) is 3. The Morgan fingerprint density at radius 3 is 2.14 bits per heavy atom. The molecule has 0 unspecified atom stereocenters. The van der Waals surface area contributed by atoms with Crippen LogP contribution in [0.15, 0.2) is 6.20 Å². The van der Waals surface area contributed by atoms with E-state index in [0.717, 1.165) is 14.7 Å². The molecule has 0 radical (unpaired) electrons. The number of hydrogen-bond acceptors (Lipinski definition) is 10. The number of amides is 5. The van der Waals surface area contributed by atoms with E-state index in [-0.39, 0.29) is 16.2 Å². The van der Waals surface area contributed by atoms with Gasteiger partial charge in [-0.05, 0) is 72.5 Å². The number of nitrogens with one attached hydrogen (secondary N) is 1. The number of aromatic nitrogens is 1. The van der Waals surface area contributed by atoms with Gasteiger partial charge >= 0.3 is 18.2 Å². The quantitative estimate of drug-likeness (QED) is 0.160. The second-order valence-electron chi connectivity index (χ2n) is 14.9. The molecular weight excluding hydrogens is 621 g/mol. The third kappa shape index (κ3) is 9.43. The third-order valence-electron chi connectivity index (χ3n) is 7.80. The van der Waals surface area contributed by atoms with Crippen molar-refractivity contribution in [2.75, 3.05) is 11.1 Å². The lowest BCUT2D eigenvalue weighted by Crippen LogP contribution is -2.47. The van der Waals surface area contributed by atoms with E-state index in [9.17, 15) is 19.2 Å². The topological polar surface area (TPSA) is 127 Å². The number of fused-ring (bicyclic) bond motifs is 1. The number of hydrogen-bond donors (Lipinski definition) is 1. The minimum atomic E-state index is -1.88. The lowest BCUT2D eigenvalue weighted by Gasteiger charge is -2.35. The summed E-state index contributed by atoms with van der Waals surface area (Å²) in [6.07, 6.45) is 2.54. The maximum atomic E-state index is 13.4. The molecule has 11 nitrogen and oxygen atoms in total. The monoisotopic (exact) mass is 670 g/mol. The Hall–Kier alpha value is -2.16. The summed E-state index contributed by atoms with van der Waals surface area (Å²) in [7, 11) is -1.88. The fourth-order valence-electron chi connectivity index (χ4n) is 4.62. The molecule has 0 saturated carbocycles. The largest absolute Gasteiger partial charge is 0.443 e. The maximum Gasteiger partial charge on any atom is 0.418 e. The number of rotatable bonds is 9. The van der Waals surface area contributed by atoms with Crippen molar-refractivity contribution in [1.29, 1.82) is 0 Å². The number of carbonyl (C=O) groups is 4. The molecule has 1 N–H and O–H groups in total. The van der Waals surface area contributed by atoms with Crippen LogP contribution in [-0.2, 0) is 25.3 Å². The van der Waals surface area contributed by atoms with Crippen LogP contribution in [0.1, 0.15) is 92.9 Å². The number of thiazole rings is 1. The summed E-state index contributed by atoms with van der Waals surface area (Å²) in [5.74, 6) is 0.377. The predicted molar refractivity (Wildman–Crippen MR) is 177 cm³/mol. The van der Waals surface area contributed by atoms with Gasteiger partial charge < -0.3 is 19.2 Å². The van der Waals surface area contributed by atoms with Crippen molar-refractivity contribution in [1.82, 2.24) is 14.8 Å². The molecule has 3 atom stereocenters. The molecule has 248 valence electrons. The van der Waals surface area contributed by atoms with Crippen LogP contribution in [0.25, 0.3) is 0 Å². The second kappa shape index (κ2) is 13.7. The Kier molecular flexibility index (Phi) is 11.3. The first-order valence-corrected chi connectivity index (χ1v) is 20.0. The van der Waals surface area contributed by atoms with Gasteiger partial charge in [-0.3, -0.25) is 4.79 Å². The van der Waals surface area contributed by atoms with Gasteiger partial charge in [0, 0.05) is 23.6 Å². The van der Waals surface area contributed by atoms with E-state index in [2.05, 4.69) is 44.2 Å². The van der Waals surface area contributed by atoms with E-state index in [1.54, 1.807) is 59.5 Å². The highest BCUT2D eigenvalue weighted by Crippen LogP contribution is 2.43. The number of anilines is 1. The normalized spacial score (nSPS) is 21.0. The standard InChI is InChI=1S/C30H50N4O7S2Si/c1-28(2,3)40-26(37)33-20-18-42-21(23(20)34(25(33)36)27(38)41-29(4,5)6)14-12-13-15-22(35)32-24-31-16-19(43-24)17-39-44(10,11)30(7,8)9/h16,20-21,23H,12-15,17-18H2,1-11H3,(H,31,32,35)/t20-,21-,23-/m0/s1. The van der Waals surface area contributed by atoms with Gasteiger partial charge in [-0.25, -0.2) is 29.2 Å². The number of imide groups is 2. The molecule has 2 aliphatic rings. The van der Waals surface area contributed by atoms with Gasteiger partial charge in [-0.1, -0.05) is 38.5 Å². The molecular formula is C30H50N4O7S2Si. The summed E-state index contributed by atoms with van der Waals surface area (Å²) in [5.41, 5.74) is -1.60. The van der Waals surface area contributed by atoms with Crippen LogP contribution >= 0.6 is 23.1 Å². The van der Waals surface area contributed by atoms with Crippen LogP contribution in [0.5, 0.6) is 0 Å². The van der Waals surface area contributed by atoms with Crippen molar-refractivity contribution in [2.24, 2.45) is 0 Å². The van der Waals surface area contributed by atoms with Gasteiger partial charge in [0.1, 0.15) is 11.2 Å². The zero-order valence-corrected chi connectivity index (χ0v) is 30.7. The first kappa shape index (κ1) is 36.3. The molecule has 3 heterocycles. The van der Waals surface area contributed by atoms with Crippen LogP contribution in [0.4, 0.5) is 19.5 Å². The number of ether oxygens (including phenoxy) is 2. The summed E-state index contributed by atoms with van der Waals surface area (Å²) < 4.78 is 17.3. The minimum absolute atomic E-state index is 0.102. The van der Waals surface area contributed by atoms with Gasteiger partial charge in [0.05, 0.1) is 23.6 Å². The van der Waals surface area contributed by atoms with Crippen LogP contribution in [0.2, 0.25) is 18.1 Å². The van der Waals surface area contributed by atoms with Gasteiger partial charge in [0.25, 0.3) is 0 Å². The predicted octanol–water partition coefficient (Wildman–Crippen LogP) is 7.62. The molecule has 2 aliphatic heterocycles. The Labute approximate surface area is 271 Å². The van der Waals surface area contributed by atoms with Crippen molar-refractivity contribution in [3.8, 4) is 0 Å². The molecule has 2 fully saturated rings. The molecule has 14 heteroatoms. The molecule has 2 saturated heterocycles. The van der Waals surface area contributed by atoms with E-state index < -0.39 is 49.8 Å². The van der Waals surface area contributed by atoms with E-state index in [1.807, 2.05) is 0 Å². The van der Waals surface area contributed by atoms with Gasteiger partial charge in [-0.15, -0.1) is 0 Å². The van der Waals surface area contributed by atoms with Crippen LogP contribution in [-0.4, -0.2) is 81.5 Å². The fourth-order valence-corrected chi connectivity index (χ4v) is 8.04. The van der Waals surface area contributed by atoms with Crippen molar-refractivity contribution in [3.63, 3.8) is 0 Å². The Balaban J connectivity index is 1.56. The summed E-state index contributed by atoms with van der Waals surface area (Å²) in [5, 5.41) is 3.46. The number of carbonyl (C=O) groups excluding carboxylic acids is 4. The van der Waals surface area contributed by atoms with Crippen LogP contribution in [0, 0.1) is 0 Å². The molecule has 0 aromatic carbocycles. The number of thioether (sulfide) groups is 1. The van der Waals surface area contributed by atoms with Crippen LogP contribution in [0.3, 0.4) is 0 Å². The Morgan fingerprint density at radius 2 is 1.57 bits per heavy atom. The zero-order valence-electron chi connectivity index (χ0n) is 28.1. The molecule has 0 aliphatic carbocycles. The lowest BCUT2D eigenvalue weighted by molar-refractivity contribution is -0.116. The highest BCUT2D eigenvalue weighted by molar-refractivity contribution is 8.00. The Morgan fingerprint density at radius 1 is 0.977 bits per heavy atom. The lowest BCUT2D eigenvalue weighted by atomic mass is 10.0. The van der Waals surface area contributed by atoms with Crippen molar-refractivity contribution in [2.45, 2.75) is 141 Å². The first-order chi connectivity index (χ1) is 20.1. The molecule has 0 bridgehead atoms. The highest BCUT2D eigenvalue weighted by Gasteiger charge is 2.59. The van der Waals surface area contributed by atoms with E-state index >= 15 is 0 Å².